The van der Waals surface area contributed by atoms with E-state index in [1.165, 1.54) is 4.31 Å². The molecule has 162 valence electrons. The van der Waals surface area contributed by atoms with Crippen molar-refractivity contribution in [2.45, 2.75) is 30.8 Å². The molecule has 0 saturated heterocycles. The summed E-state index contributed by atoms with van der Waals surface area (Å²) in [5.41, 5.74) is 4.96. The lowest BCUT2D eigenvalue weighted by atomic mass is 9.97. The maximum atomic E-state index is 13.8. The molecular formula is C25H23N3O3S. The van der Waals surface area contributed by atoms with Crippen molar-refractivity contribution in [2.75, 3.05) is 7.11 Å². The van der Waals surface area contributed by atoms with E-state index in [0.717, 1.165) is 27.9 Å². The highest BCUT2D eigenvalue weighted by atomic mass is 32.2. The second kappa shape index (κ2) is 8.00. The van der Waals surface area contributed by atoms with Gasteiger partial charge in [0.05, 0.1) is 47.0 Å². The average molecular weight is 446 g/mol. The summed E-state index contributed by atoms with van der Waals surface area (Å²) < 4.78 is 34.4. The van der Waals surface area contributed by atoms with Gasteiger partial charge in [0.15, 0.2) is 0 Å². The quantitative estimate of drug-likeness (QED) is 0.465. The summed E-state index contributed by atoms with van der Waals surface area (Å²) in [5.74, 6) is 0.686. The molecule has 6 nitrogen and oxygen atoms in total. The second-order valence-corrected chi connectivity index (χ2v) is 9.86. The minimum absolute atomic E-state index is 0.158. The molecule has 2 heterocycles. The van der Waals surface area contributed by atoms with Crippen LogP contribution in [0.4, 0.5) is 0 Å². The summed E-state index contributed by atoms with van der Waals surface area (Å²) in [6.07, 6.45) is 0.436. The smallest absolute Gasteiger partial charge is 0.244 e. The number of ether oxygens (including phenoxy) is 1. The molecule has 5 rings (SSSR count). The third kappa shape index (κ3) is 3.63. The van der Waals surface area contributed by atoms with Crippen LogP contribution in [0.2, 0.25) is 0 Å². The molecule has 1 atom stereocenters. The number of aryl methyl sites for hydroxylation is 1. The molecule has 32 heavy (non-hydrogen) atoms. The summed E-state index contributed by atoms with van der Waals surface area (Å²) in [4.78, 5) is 9.85. The largest absolute Gasteiger partial charge is 0.497 e. The fraction of sp³-hybridized carbons (Fsp3) is 0.200. The van der Waals surface area contributed by atoms with E-state index in [0.29, 0.717) is 17.9 Å². The van der Waals surface area contributed by atoms with Crippen molar-refractivity contribution in [3.05, 3.63) is 95.3 Å². The average Bonchev–Trinajstić information content (AvgIpc) is 2.82. The molecule has 0 radical (unpaired) electrons. The van der Waals surface area contributed by atoms with E-state index in [2.05, 4.69) is 0 Å². The molecule has 0 aliphatic carbocycles. The number of hydrogen-bond donors (Lipinski definition) is 0. The Morgan fingerprint density at radius 1 is 0.906 bits per heavy atom. The van der Waals surface area contributed by atoms with Crippen LogP contribution in [0.25, 0.3) is 11.0 Å². The molecule has 0 amide bonds. The molecule has 0 fully saturated rings. The van der Waals surface area contributed by atoms with Crippen LogP contribution in [0.3, 0.4) is 0 Å². The first-order valence-electron chi connectivity index (χ1n) is 10.4. The number of methoxy groups -OCH3 is 1. The van der Waals surface area contributed by atoms with Crippen LogP contribution in [0.5, 0.6) is 5.75 Å². The summed E-state index contributed by atoms with van der Waals surface area (Å²) in [6.45, 7) is 2.10. The third-order valence-electron chi connectivity index (χ3n) is 5.87. The molecule has 1 aliphatic rings. The number of sulfonamides is 1. The van der Waals surface area contributed by atoms with Gasteiger partial charge in [-0.3, -0.25) is 0 Å². The maximum absolute atomic E-state index is 13.8. The van der Waals surface area contributed by atoms with Crippen molar-refractivity contribution < 1.29 is 13.2 Å². The van der Waals surface area contributed by atoms with E-state index in [-0.39, 0.29) is 11.4 Å². The predicted molar refractivity (Wildman–Crippen MR) is 123 cm³/mol. The van der Waals surface area contributed by atoms with E-state index in [4.69, 9.17) is 14.7 Å². The minimum atomic E-state index is -3.77. The van der Waals surface area contributed by atoms with Gasteiger partial charge in [-0.25, -0.2) is 18.4 Å². The van der Waals surface area contributed by atoms with Gasteiger partial charge in [-0.2, -0.15) is 4.31 Å². The number of hydrogen-bond acceptors (Lipinski definition) is 5. The Kier molecular flexibility index (Phi) is 5.15. The molecule has 0 saturated carbocycles. The zero-order valence-electron chi connectivity index (χ0n) is 17.9. The van der Waals surface area contributed by atoms with Crippen molar-refractivity contribution in [2.24, 2.45) is 0 Å². The van der Waals surface area contributed by atoms with E-state index in [9.17, 15) is 8.42 Å². The van der Waals surface area contributed by atoms with Crippen molar-refractivity contribution in [1.82, 2.24) is 14.3 Å². The Balaban J connectivity index is 1.66. The lowest BCUT2D eigenvalue weighted by molar-refractivity contribution is 0.288. The molecule has 0 spiro atoms. The molecule has 4 aromatic rings. The summed E-state index contributed by atoms with van der Waals surface area (Å²) in [6, 6.07) is 21.8. The first-order valence-corrected chi connectivity index (χ1v) is 11.9. The number of benzene rings is 3. The van der Waals surface area contributed by atoms with E-state index >= 15 is 0 Å². The molecule has 0 N–H and O–H groups in total. The molecule has 1 unspecified atom stereocenters. The van der Waals surface area contributed by atoms with Gasteiger partial charge in [0, 0.05) is 6.42 Å². The zero-order valence-corrected chi connectivity index (χ0v) is 18.7. The number of rotatable bonds is 4. The number of nitrogens with zero attached hydrogens (tertiary/aromatic N) is 3. The second-order valence-electron chi connectivity index (χ2n) is 7.97. The third-order valence-corrected chi connectivity index (χ3v) is 7.74. The van der Waals surface area contributed by atoms with Crippen LogP contribution in [-0.4, -0.2) is 29.8 Å². The highest BCUT2D eigenvalue weighted by Gasteiger charge is 2.38. The first kappa shape index (κ1) is 20.6. The van der Waals surface area contributed by atoms with Crippen LogP contribution in [0.15, 0.2) is 77.7 Å². The molecule has 7 heteroatoms. The highest BCUT2D eigenvalue weighted by Crippen LogP contribution is 2.37. The monoisotopic (exact) mass is 445 g/mol. The minimum Gasteiger partial charge on any atom is -0.497 e. The molecule has 1 aliphatic heterocycles. The van der Waals surface area contributed by atoms with Gasteiger partial charge in [0.1, 0.15) is 5.75 Å². The topological polar surface area (TPSA) is 72.4 Å². The first-order chi connectivity index (χ1) is 15.5. The SMILES string of the molecule is COc1cccc(C2Cc3nc4ccccc4nc3CN2S(=O)(=O)c2ccc(C)cc2)c1. The normalized spacial score (nSPS) is 16.6. The maximum Gasteiger partial charge on any atom is 0.244 e. The van der Waals surface area contributed by atoms with Crippen molar-refractivity contribution >= 4 is 21.1 Å². The Hall–Kier alpha value is -3.29. The zero-order chi connectivity index (χ0) is 22.3. The summed E-state index contributed by atoms with van der Waals surface area (Å²) >= 11 is 0. The van der Waals surface area contributed by atoms with Crippen LogP contribution >= 0.6 is 0 Å². The predicted octanol–water partition coefficient (Wildman–Crippen LogP) is 4.44. The number of fused-ring (bicyclic) bond motifs is 2. The van der Waals surface area contributed by atoms with Crippen LogP contribution in [0, 0.1) is 6.92 Å². The van der Waals surface area contributed by atoms with E-state index in [1.807, 2.05) is 67.6 Å². The van der Waals surface area contributed by atoms with Crippen LogP contribution in [0.1, 0.15) is 28.6 Å². The lowest BCUT2D eigenvalue weighted by Crippen LogP contribution is -2.39. The van der Waals surface area contributed by atoms with Gasteiger partial charge in [0.2, 0.25) is 10.0 Å². The molecule has 3 aromatic carbocycles. The van der Waals surface area contributed by atoms with Gasteiger partial charge < -0.3 is 4.74 Å². The summed E-state index contributed by atoms with van der Waals surface area (Å²) in [7, 11) is -2.16. The molecule has 0 bridgehead atoms. The van der Waals surface area contributed by atoms with Gasteiger partial charge in [-0.1, -0.05) is 42.0 Å². The van der Waals surface area contributed by atoms with E-state index in [1.54, 1.807) is 19.2 Å². The fourth-order valence-electron chi connectivity index (χ4n) is 4.14. The Bertz CT molecular complexity index is 1400. The van der Waals surface area contributed by atoms with Crippen molar-refractivity contribution in [3.63, 3.8) is 0 Å². The Morgan fingerprint density at radius 3 is 2.28 bits per heavy atom. The fourth-order valence-corrected chi connectivity index (χ4v) is 5.71. The molecular weight excluding hydrogens is 422 g/mol. The van der Waals surface area contributed by atoms with Crippen molar-refractivity contribution in [1.29, 1.82) is 0 Å². The lowest BCUT2D eigenvalue weighted by Gasteiger charge is -2.35. The number of para-hydroxylation sites is 2. The molecule has 1 aromatic heterocycles. The Morgan fingerprint density at radius 2 is 1.59 bits per heavy atom. The summed E-state index contributed by atoms with van der Waals surface area (Å²) in [5, 5.41) is 0. The Labute approximate surface area is 187 Å². The standard InChI is InChI=1S/C25H23N3O3S/c1-17-10-12-20(13-11-17)32(29,30)28-16-24-23(26-21-8-3-4-9-22(21)27-24)15-25(28)18-6-5-7-19(14-18)31-2/h3-14,25H,15-16H2,1-2H3. The van der Waals surface area contributed by atoms with Gasteiger partial charge in [-0.05, 0) is 48.9 Å². The van der Waals surface area contributed by atoms with Crippen LogP contribution in [-0.2, 0) is 23.0 Å². The van der Waals surface area contributed by atoms with Gasteiger partial charge in [0.25, 0.3) is 0 Å². The number of aromatic nitrogens is 2. The van der Waals surface area contributed by atoms with Crippen molar-refractivity contribution in [3.8, 4) is 5.75 Å². The highest BCUT2D eigenvalue weighted by molar-refractivity contribution is 7.89. The van der Waals surface area contributed by atoms with Gasteiger partial charge >= 0.3 is 0 Å². The van der Waals surface area contributed by atoms with Crippen LogP contribution < -0.4 is 4.74 Å². The van der Waals surface area contributed by atoms with E-state index < -0.39 is 16.1 Å². The van der Waals surface area contributed by atoms with Gasteiger partial charge in [-0.15, -0.1) is 0 Å².